The van der Waals surface area contributed by atoms with Crippen LogP contribution in [0.15, 0.2) is 0 Å². The Morgan fingerprint density at radius 1 is 1.50 bits per heavy atom. The summed E-state index contributed by atoms with van der Waals surface area (Å²) in [5.41, 5.74) is 0. The molecule has 0 aliphatic rings. The largest absolute Gasteiger partial charge is 0.351 e. The molecule has 2 heteroatoms. The van der Waals surface area contributed by atoms with E-state index < -0.39 is 5.79 Å². The molecule has 0 atom stereocenters. The zero-order valence-electron chi connectivity index (χ0n) is 4.32. The highest BCUT2D eigenvalue weighted by Gasteiger charge is 2.10. The van der Waals surface area contributed by atoms with Crippen molar-refractivity contribution in [3.05, 3.63) is 0 Å². The highest BCUT2D eigenvalue weighted by Crippen LogP contribution is 1.99. The van der Waals surface area contributed by atoms with Gasteiger partial charge in [-0.25, -0.2) is 0 Å². The standard InChI is InChI=1S/C4H9O2/c1-4(2,5)6-3/h1-3H3. The second-order valence-corrected chi connectivity index (χ2v) is 1.60. The van der Waals surface area contributed by atoms with Gasteiger partial charge in [0.1, 0.15) is 0 Å². The zero-order chi connectivity index (χ0) is 5.21. The molecule has 1 radical (unpaired) electrons. The van der Waals surface area contributed by atoms with E-state index in [0.717, 1.165) is 0 Å². The predicted molar refractivity (Wildman–Crippen MR) is 21.8 cm³/mol. The molecule has 0 saturated heterocycles. The lowest BCUT2D eigenvalue weighted by atomic mass is 10.4. The average molecular weight is 89.1 g/mol. The summed E-state index contributed by atoms with van der Waals surface area (Å²) in [4.78, 5) is 0. The quantitative estimate of drug-likeness (QED) is 0.437. The van der Waals surface area contributed by atoms with Crippen LogP contribution in [0.4, 0.5) is 0 Å². The Morgan fingerprint density at radius 3 is 1.67 bits per heavy atom. The van der Waals surface area contributed by atoms with Gasteiger partial charge in [-0.05, 0) is 13.8 Å². The Bertz CT molecular complexity index is 35.3. The zero-order valence-corrected chi connectivity index (χ0v) is 4.32. The fourth-order valence-corrected chi connectivity index (χ4v) is 0. The predicted octanol–water partition coefficient (Wildman–Crippen LogP) is 0.799. The van der Waals surface area contributed by atoms with Crippen molar-refractivity contribution in [1.82, 2.24) is 0 Å². The minimum atomic E-state index is -1.21. The van der Waals surface area contributed by atoms with Crippen LogP contribution in [0.1, 0.15) is 13.8 Å². The van der Waals surface area contributed by atoms with E-state index in [-0.39, 0.29) is 0 Å². The molecule has 0 aromatic heterocycles. The van der Waals surface area contributed by atoms with E-state index in [2.05, 4.69) is 4.74 Å². The molecule has 0 aromatic rings. The third-order valence-electron chi connectivity index (χ3n) is 0.492. The van der Waals surface area contributed by atoms with Crippen molar-refractivity contribution >= 4 is 0 Å². The van der Waals surface area contributed by atoms with Gasteiger partial charge in [0.05, 0.1) is 0 Å². The van der Waals surface area contributed by atoms with Crippen LogP contribution < -0.4 is 0 Å². The lowest BCUT2D eigenvalue weighted by Crippen LogP contribution is -2.18. The van der Waals surface area contributed by atoms with Crippen LogP contribution in [0.3, 0.4) is 0 Å². The minimum Gasteiger partial charge on any atom is -0.351 e. The van der Waals surface area contributed by atoms with E-state index in [9.17, 15) is 5.11 Å². The van der Waals surface area contributed by atoms with Gasteiger partial charge in [-0.1, -0.05) is 0 Å². The molecule has 0 aliphatic carbocycles. The lowest BCUT2D eigenvalue weighted by molar-refractivity contribution is -0.197. The van der Waals surface area contributed by atoms with Gasteiger partial charge < -0.3 is 4.74 Å². The Morgan fingerprint density at radius 2 is 1.67 bits per heavy atom. The van der Waals surface area contributed by atoms with Crippen LogP contribution in [0.5, 0.6) is 0 Å². The first kappa shape index (κ1) is 5.92. The molecule has 2 nitrogen and oxygen atoms in total. The smallest absolute Gasteiger partial charge is 0.195 e. The van der Waals surface area contributed by atoms with Gasteiger partial charge in [-0.3, -0.25) is 0 Å². The van der Waals surface area contributed by atoms with Crippen molar-refractivity contribution in [2.75, 3.05) is 7.11 Å². The topological polar surface area (TPSA) is 29.1 Å². The molecule has 0 amide bonds. The first-order chi connectivity index (χ1) is 2.56. The van der Waals surface area contributed by atoms with E-state index in [1.54, 1.807) is 0 Å². The SMILES string of the molecule is COC(C)(C)[O]. The molecular formula is C4H9O2. The van der Waals surface area contributed by atoms with Gasteiger partial charge in [-0.15, -0.1) is 0 Å². The minimum absolute atomic E-state index is 1.21. The summed E-state index contributed by atoms with van der Waals surface area (Å²) >= 11 is 0. The molecule has 0 aliphatic heterocycles. The molecule has 6 heavy (non-hydrogen) atoms. The van der Waals surface area contributed by atoms with Crippen molar-refractivity contribution in [3.63, 3.8) is 0 Å². The Balaban J connectivity index is 3.17. The lowest BCUT2D eigenvalue weighted by Gasteiger charge is -2.09. The van der Waals surface area contributed by atoms with Crippen molar-refractivity contribution in [2.45, 2.75) is 19.6 Å². The van der Waals surface area contributed by atoms with Crippen molar-refractivity contribution < 1.29 is 9.84 Å². The summed E-state index contributed by atoms with van der Waals surface area (Å²) in [7, 11) is 1.40. The van der Waals surface area contributed by atoms with Crippen molar-refractivity contribution in [3.8, 4) is 0 Å². The monoisotopic (exact) mass is 89.1 g/mol. The molecule has 0 N–H and O–H groups in total. The normalized spacial score (nSPS) is 12.0. The van der Waals surface area contributed by atoms with Gasteiger partial charge >= 0.3 is 0 Å². The third-order valence-corrected chi connectivity index (χ3v) is 0.492. The summed E-state index contributed by atoms with van der Waals surface area (Å²) in [6.07, 6.45) is 0. The maximum Gasteiger partial charge on any atom is 0.195 e. The highest BCUT2D eigenvalue weighted by atomic mass is 16.6. The van der Waals surface area contributed by atoms with E-state index in [0.29, 0.717) is 0 Å². The van der Waals surface area contributed by atoms with Crippen LogP contribution in [0.25, 0.3) is 0 Å². The first-order valence-electron chi connectivity index (χ1n) is 1.82. The Hall–Kier alpha value is -0.0800. The van der Waals surface area contributed by atoms with Crippen LogP contribution in [0, 0.1) is 0 Å². The van der Waals surface area contributed by atoms with Crippen LogP contribution in [-0.2, 0) is 9.84 Å². The van der Waals surface area contributed by atoms with Gasteiger partial charge in [0.2, 0.25) is 0 Å². The fraction of sp³-hybridized carbons (Fsp3) is 1.00. The third kappa shape index (κ3) is 3.92. The molecular weight excluding hydrogens is 80.0 g/mol. The summed E-state index contributed by atoms with van der Waals surface area (Å²) < 4.78 is 4.38. The van der Waals surface area contributed by atoms with E-state index in [4.69, 9.17) is 0 Å². The van der Waals surface area contributed by atoms with Gasteiger partial charge in [0.15, 0.2) is 5.79 Å². The molecule has 0 unspecified atom stereocenters. The second kappa shape index (κ2) is 1.58. The number of ether oxygens (including phenoxy) is 1. The van der Waals surface area contributed by atoms with E-state index >= 15 is 0 Å². The maximum absolute atomic E-state index is 10.2. The average Bonchev–Trinajstić information content (AvgIpc) is 1.35. The van der Waals surface area contributed by atoms with Gasteiger partial charge in [-0.2, -0.15) is 5.11 Å². The van der Waals surface area contributed by atoms with E-state index in [1.165, 1.54) is 21.0 Å². The Labute approximate surface area is 37.7 Å². The van der Waals surface area contributed by atoms with Crippen LogP contribution in [0.2, 0.25) is 0 Å². The Kier molecular flexibility index (Phi) is 1.56. The first-order valence-corrected chi connectivity index (χ1v) is 1.82. The van der Waals surface area contributed by atoms with Crippen molar-refractivity contribution in [2.24, 2.45) is 0 Å². The number of methoxy groups -OCH3 is 1. The molecule has 0 spiro atoms. The highest BCUT2D eigenvalue weighted by molar-refractivity contribution is 4.41. The fourth-order valence-electron chi connectivity index (χ4n) is 0. The van der Waals surface area contributed by atoms with Crippen LogP contribution in [-0.4, -0.2) is 12.9 Å². The maximum atomic E-state index is 10.2. The van der Waals surface area contributed by atoms with Crippen molar-refractivity contribution in [1.29, 1.82) is 0 Å². The number of rotatable bonds is 1. The number of hydrogen-bond donors (Lipinski definition) is 0. The van der Waals surface area contributed by atoms with Gasteiger partial charge in [0, 0.05) is 7.11 Å². The summed E-state index contributed by atoms with van der Waals surface area (Å²) in [5, 5.41) is 10.2. The summed E-state index contributed by atoms with van der Waals surface area (Å²) in [6.45, 7) is 2.93. The summed E-state index contributed by atoms with van der Waals surface area (Å²) in [6, 6.07) is 0. The molecule has 0 saturated carbocycles. The molecule has 0 heterocycles. The molecule has 0 bridgehead atoms. The molecule has 0 fully saturated rings. The van der Waals surface area contributed by atoms with Gasteiger partial charge in [0.25, 0.3) is 0 Å². The molecule has 0 rings (SSSR count). The molecule has 0 aromatic carbocycles. The van der Waals surface area contributed by atoms with E-state index in [1.807, 2.05) is 0 Å². The number of hydrogen-bond acceptors (Lipinski definition) is 1. The molecule has 37 valence electrons. The summed E-state index contributed by atoms with van der Waals surface area (Å²) in [5.74, 6) is -1.21. The van der Waals surface area contributed by atoms with Crippen LogP contribution >= 0.6 is 0 Å². The second-order valence-electron chi connectivity index (χ2n) is 1.60.